The monoisotopic (exact) mass is 239 g/mol. The first-order valence-corrected chi connectivity index (χ1v) is 6.51. The van der Waals surface area contributed by atoms with Crippen LogP contribution in [0.15, 0.2) is 0 Å². The molecule has 1 saturated carbocycles. The van der Waals surface area contributed by atoms with Crippen molar-refractivity contribution in [2.45, 2.75) is 38.5 Å². The van der Waals surface area contributed by atoms with Crippen LogP contribution >= 0.6 is 0 Å². The Morgan fingerprint density at radius 1 is 1.00 bits per heavy atom. The molecule has 1 heterocycles. The zero-order valence-corrected chi connectivity index (χ0v) is 10.2. The van der Waals surface area contributed by atoms with Gasteiger partial charge in [0.15, 0.2) is 0 Å². The summed E-state index contributed by atoms with van der Waals surface area (Å²) in [4.78, 5) is 25.5. The summed E-state index contributed by atoms with van der Waals surface area (Å²) in [6, 6.07) is 0. The number of hydrogen-bond donors (Lipinski definition) is 2. The number of hydrogen-bond acceptors (Lipinski definition) is 3. The summed E-state index contributed by atoms with van der Waals surface area (Å²) in [5, 5.41) is 0. The normalized spacial score (nSPS) is 29.1. The molecule has 17 heavy (non-hydrogen) atoms. The fraction of sp³-hybridized carbons (Fsp3) is 0.833. The van der Waals surface area contributed by atoms with Gasteiger partial charge in [-0.05, 0) is 38.5 Å². The van der Waals surface area contributed by atoms with E-state index in [1.165, 1.54) is 0 Å². The van der Waals surface area contributed by atoms with Crippen LogP contribution in [0.1, 0.15) is 38.5 Å². The fourth-order valence-corrected chi connectivity index (χ4v) is 2.92. The highest BCUT2D eigenvalue weighted by Crippen LogP contribution is 2.30. The summed E-state index contributed by atoms with van der Waals surface area (Å²) >= 11 is 0. The van der Waals surface area contributed by atoms with Crippen LogP contribution in [0.3, 0.4) is 0 Å². The molecule has 96 valence electrons. The quantitative estimate of drug-likeness (QED) is 0.416. The first-order chi connectivity index (χ1) is 8.22. The van der Waals surface area contributed by atoms with Crippen LogP contribution in [0.2, 0.25) is 0 Å². The highest BCUT2D eigenvalue weighted by atomic mass is 16.2. The number of likely N-dealkylation sites (tertiary alicyclic amines) is 1. The lowest BCUT2D eigenvalue weighted by Crippen LogP contribution is -2.40. The number of hydrazine groups is 1. The molecule has 1 aliphatic heterocycles. The van der Waals surface area contributed by atoms with E-state index >= 15 is 0 Å². The third kappa shape index (κ3) is 2.77. The lowest BCUT2D eigenvalue weighted by molar-refractivity contribution is -0.137. The molecule has 3 N–H and O–H groups in total. The number of rotatable bonds is 2. The van der Waals surface area contributed by atoms with Crippen molar-refractivity contribution in [2.24, 2.45) is 17.7 Å². The topological polar surface area (TPSA) is 75.4 Å². The summed E-state index contributed by atoms with van der Waals surface area (Å²) in [6.07, 6.45) is 5.49. The average molecular weight is 239 g/mol. The van der Waals surface area contributed by atoms with E-state index in [1.807, 2.05) is 4.90 Å². The van der Waals surface area contributed by atoms with E-state index in [-0.39, 0.29) is 17.7 Å². The minimum absolute atomic E-state index is 0.00243. The van der Waals surface area contributed by atoms with E-state index < -0.39 is 0 Å². The molecule has 0 atom stereocenters. The molecule has 2 aliphatic rings. The molecule has 2 fully saturated rings. The van der Waals surface area contributed by atoms with Crippen LogP contribution in [0.25, 0.3) is 0 Å². The van der Waals surface area contributed by atoms with E-state index in [0.717, 1.165) is 51.6 Å². The van der Waals surface area contributed by atoms with Crippen molar-refractivity contribution in [3.05, 3.63) is 0 Å². The smallest absolute Gasteiger partial charge is 0.236 e. The molecule has 5 nitrogen and oxygen atoms in total. The van der Waals surface area contributed by atoms with Crippen molar-refractivity contribution in [1.29, 1.82) is 0 Å². The van der Waals surface area contributed by atoms with Crippen molar-refractivity contribution in [3.63, 3.8) is 0 Å². The Kier molecular flexibility index (Phi) is 3.99. The van der Waals surface area contributed by atoms with Crippen LogP contribution in [0.4, 0.5) is 0 Å². The minimum atomic E-state index is -0.0860. The first kappa shape index (κ1) is 12.4. The Morgan fingerprint density at radius 2 is 1.53 bits per heavy atom. The summed E-state index contributed by atoms with van der Waals surface area (Å²) in [5.41, 5.74) is 2.20. The van der Waals surface area contributed by atoms with Gasteiger partial charge in [-0.1, -0.05) is 0 Å². The van der Waals surface area contributed by atoms with Gasteiger partial charge in [0.25, 0.3) is 0 Å². The van der Waals surface area contributed by atoms with Crippen LogP contribution in [-0.4, -0.2) is 29.8 Å². The second kappa shape index (κ2) is 5.49. The van der Waals surface area contributed by atoms with Crippen molar-refractivity contribution >= 4 is 11.8 Å². The van der Waals surface area contributed by atoms with Gasteiger partial charge in [-0.25, -0.2) is 5.84 Å². The molecule has 0 spiro atoms. The summed E-state index contributed by atoms with van der Waals surface area (Å²) < 4.78 is 0. The second-order valence-corrected chi connectivity index (χ2v) is 5.09. The van der Waals surface area contributed by atoms with Crippen molar-refractivity contribution in [3.8, 4) is 0 Å². The van der Waals surface area contributed by atoms with E-state index in [4.69, 9.17) is 5.84 Å². The molecule has 0 bridgehead atoms. The standard InChI is InChI=1S/C12H21N3O2/c13-14-11(16)9-3-5-10(6-4-9)12(17)15-7-1-2-8-15/h9-10H,1-8,13H2,(H,14,16)/t9-,10-. The van der Waals surface area contributed by atoms with Gasteiger partial charge in [0.1, 0.15) is 0 Å². The second-order valence-electron chi connectivity index (χ2n) is 5.09. The fourth-order valence-electron chi connectivity index (χ4n) is 2.92. The maximum absolute atomic E-state index is 12.1. The molecule has 5 heteroatoms. The van der Waals surface area contributed by atoms with Crippen LogP contribution in [0.5, 0.6) is 0 Å². The predicted molar refractivity (Wildman–Crippen MR) is 63.6 cm³/mol. The zero-order chi connectivity index (χ0) is 12.3. The van der Waals surface area contributed by atoms with Crippen molar-refractivity contribution in [1.82, 2.24) is 10.3 Å². The first-order valence-electron chi connectivity index (χ1n) is 6.51. The molecule has 1 saturated heterocycles. The van der Waals surface area contributed by atoms with Gasteiger partial charge in [-0.2, -0.15) is 0 Å². The number of nitrogens with two attached hydrogens (primary N) is 1. The van der Waals surface area contributed by atoms with E-state index in [2.05, 4.69) is 5.43 Å². The van der Waals surface area contributed by atoms with Crippen LogP contribution in [-0.2, 0) is 9.59 Å². The lowest BCUT2D eigenvalue weighted by atomic mass is 9.81. The highest BCUT2D eigenvalue weighted by Gasteiger charge is 2.32. The van der Waals surface area contributed by atoms with Gasteiger partial charge in [0.05, 0.1) is 0 Å². The van der Waals surface area contributed by atoms with Gasteiger partial charge < -0.3 is 4.90 Å². The minimum Gasteiger partial charge on any atom is -0.342 e. The molecule has 1 aliphatic carbocycles. The summed E-state index contributed by atoms with van der Waals surface area (Å²) in [6.45, 7) is 1.84. The Hall–Kier alpha value is -1.10. The SMILES string of the molecule is NNC(=O)[C@H]1CC[C@H](C(=O)N2CCCC2)CC1. The predicted octanol–water partition coefficient (Wildman–Crippen LogP) is 0.405. The largest absolute Gasteiger partial charge is 0.342 e. The van der Waals surface area contributed by atoms with Gasteiger partial charge in [0, 0.05) is 24.9 Å². The van der Waals surface area contributed by atoms with Gasteiger partial charge in [0.2, 0.25) is 11.8 Å². The molecule has 0 aromatic heterocycles. The third-order valence-electron chi connectivity index (χ3n) is 4.01. The Labute approximate surface area is 102 Å². The van der Waals surface area contributed by atoms with Crippen molar-refractivity contribution < 1.29 is 9.59 Å². The summed E-state index contributed by atoms with van der Waals surface area (Å²) in [5.74, 6) is 5.47. The average Bonchev–Trinajstić information content (AvgIpc) is 2.91. The highest BCUT2D eigenvalue weighted by molar-refractivity contribution is 5.81. The number of nitrogens with one attached hydrogen (secondary N) is 1. The maximum atomic E-state index is 12.1. The molecule has 2 amide bonds. The molecule has 0 aromatic carbocycles. The molecular formula is C12H21N3O2. The van der Waals surface area contributed by atoms with Gasteiger partial charge >= 0.3 is 0 Å². The van der Waals surface area contributed by atoms with Crippen molar-refractivity contribution in [2.75, 3.05) is 13.1 Å². The lowest BCUT2D eigenvalue weighted by Gasteiger charge is -2.29. The molecular weight excluding hydrogens is 218 g/mol. The van der Waals surface area contributed by atoms with Crippen LogP contribution in [0, 0.1) is 11.8 Å². The van der Waals surface area contributed by atoms with Gasteiger partial charge in [-0.15, -0.1) is 0 Å². The Bertz CT molecular complexity index is 292. The molecule has 0 aromatic rings. The maximum Gasteiger partial charge on any atom is 0.236 e. The third-order valence-corrected chi connectivity index (χ3v) is 4.01. The number of carbonyl (C=O) groups is 2. The summed E-state index contributed by atoms with van der Waals surface area (Å²) in [7, 11) is 0. The Balaban J connectivity index is 1.82. The molecule has 0 unspecified atom stereocenters. The molecule has 2 rings (SSSR count). The molecule has 0 radical (unpaired) electrons. The van der Waals surface area contributed by atoms with E-state index in [0.29, 0.717) is 5.91 Å². The zero-order valence-electron chi connectivity index (χ0n) is 10.2. The van der Waals surface area contributed by atoms with E-state index in [9.17, 15) is 9.59 Å². The number of amides is 2. The van der Waals surface area contributed by atoms with Gasteiger partial charge in [-0.3, -0.25) is 15.0 Å². The van der Waals surface area contributed by atoms with Crippen LogP contribution < -0.4 is 11.3 Å². The number of nitrogens with zero attached hydrogens (tertiary/aromatic N) is 1. The Morgan fingerprint density at radius 3 is 2.06 bits per heavy atom. The number of carbonyl (C=O) groups excluding carboxylic acids is 2. The van der Waals surface area contributed by atoms with E-state index in [1.54, 1.807) is 0 Å².